The first kappa shape index (κ1) is 21.6. The lowest BCUT2D eigenvalue weighted by Gasteiger charge is -2.11. The number of benzene rings is 3. The van der Waals surface area contributed by atoms with Gasteiger partial charge >= 0.3 is 0 Å². The van der Waals surface area contributed by atoms with Crippen molar-refractivity contribution in [3.8, 4) is 22.8 Å². The van der Waals surface area contributed by atoms with Crippen LogP contribution in [-0.2, 0) is 4.79 Å². The molecule has 1 heterocycles. The lowest BCUT2D eigenvalue weighted by Crippen LogP contribution is -2.14. The molecule has 4 aromatic rings. The first-order valence-corrected chi connectivity index (χ1v) is 11.2. The zero-order valence-corrected chi connectivity index (χ0v) is 19.0. The van der Waals surface area contributed by atoms with Gasteiger partial charge < -0.3 is 10.1 Å². The Balaban J connectivity index is 1.57. The van der Waals surface area contributed by atoms with Gasteiger partial charge in [0.15, 0.2) is 11.0 Å². The standard InChI is InChI=1S/C25H24N4O2S/c1-17-7-11-21(12-8-17)29-24(19-6-4-5-18(2)15-19)27-28-25(29)32-16-23(30)26-20-9-13-22(31-3)14-10-20/h4-15H,16H2,1-3H3,(H,26,30). The van der Waals surface area contributed by atoms with Crippen molar-refractivity contribution >= 4 is 23.4 Å². The maximum Gasteiger partial charge on any atom is 0.234 e. The van der Waals surface area contributed by atoms with E-state index in [0.717, 1.165) is 34.1 Å². The molecule has 6 nitrogen and oxygen atoms in total. The van der Waals surface area contributed by atoms with Crippen molar-refractivity contribution in [3.63, 3.8) is 0 Å². The molecule has 4 rings (SSSR count). The highest BCUT2D eigenvalue weighted by Gasteiger charge is 2.17. The van der Waals surface area contributed by atoms with Crippen LogP contribution < -0.4 is 10.1 Å². The second-order valence-corrected chi connectivity index (χ2v) is 8.35. The number of rotatable bonds is 7. The van der Waals surface area contributed by atoms with Crippen molar-refractivity contribution < 1.29 is 9.53 Å². The average Bonchev–Trinajstić information content (AvgIpc) is 3.23. The SMILES string of the molecule is COc1ccc(NC(=O)CSc2nnc(-c3cccc(C)c3)n2-c2ccc(C)cc2)cc1. The van der Waals surface area contributed by atoms with Gasteiger partial charge in [0, 0.05) is 16.9 Å². The molecule has 0 saturated heterocycles. The van der Waals surface area contributed by atoms with Crippen LogP contribution in [0.3, 0.4) is 0 Å². The minimum Gasteiger partial charge on any atom is -0.497 e. The molecule has 0 radical (unpaired) electrons. The van der Waals surface area contributed by atoms with Gasteiger partial charge in [-0.05, 0) is 56.3 Å². The highest BCUT2D eigenvalue weighted by Crippen LogP contribution is 2.28. The minimum absolute atomic E-state index is 0.115. The van der Waals surface area contributed by atoms with Crippen molar-refractivity contribution in [2.24, 2.45) is 0 Å². The summed E-state index contributed by atoms with van der Waals surface area (Å²) in [6.45, 7) is 4.10. The second kappa shape index (κ2) is 9.70. The van der Waals surface area contributed by atoms with E-state index in [9.17, 15) is 4.79 Å². The van der Waals surface area contributed by atoms with E-state index in [0.29, 0.717) is 5.16 Å². The smallest absolute Gasteiger partial charge is 0.234 e. The van der Waals surface area contributed by atoms with Crippen LogP contribution in [0.2, 0.25) is 0 Å². The van der Waals surface area contributed by atoms with Crippen LogP contribution in [0.5, 0.6) is 5.75 Å². The van der Waals surface area contributed by atoms with Crippen molar-refractivity contribution in [1.82, 2.24) is 14.8 Å². The van der Waals surface area contributed by atoms with E-state index < -0.39 is 0 Å². The van der Waals surface area contributed by atoms with Crippen molar-refractivity contribution in [2.75, 3.05) is 18.2 Å². The van der Waals surface area contributed by atoms with E-state index in [4.69, 9.17) is 4.74 Å². The number of thioether (sulfide) groups is 1. The Morgan fingerprint density at radius 1 is 0.969 bits per heavy atom. The number of aromatic nitrogens is 3. The molecule has 162 valence electrons. The third-order valence-corrected chi connectivity index (χ3v) is 5.84. The van der Waals surface area contributed by atoms with Gasteiger partial charge in [0.25, 0.3) is 0 Å². The average molecular weight is 445 g/mol. The number of anilines is 1. The molecule has 0 aliphatic carbocycles. The van der Waals surface area contributed by atoms with Crippen LogP contribution in [0, 0.1) is 13.8 Å². The fourth-order valence-electron chi connectivity index (χ4n) is 3.26. The summed E-state index contributed by atoms with van der Waals surface area (Å²) in [5, 5.41) is 12.4. The third kappa shape index (κ3) is 5.00. The number of aryl methyl sites for hydroxylation is 2. The van der Waals surface area contributed by atoms with Gasteiger partial charge in [-0.2, -0.15) is 0 Å². The Morgan fingerprint density at radius 3 is 2.41 bits per heavy atom. The molecule has 3 aromatic carbocycles. The molecular formula is C25H24N4O2S. The van der Waals surface area contributed by atoms with E-state index in [1.165, 1.54) is 17.3 Å². The molecule has 0 aliphatic heterocycles. The van der Waals surface area contributed by atoms with Gasteiger partial charge in [0.1, 0.15) is 5.75 Å². The number of nitrogens with zero attached hydrogens (tertiary/aromatic N) is 3. The molecule has 0 unspecified atom stereocenters. The number of methoxy groups -OCH3 is 1. The lowest BCUT2D eigenvalue weighted by molar-refractivity contribution is -0.113. The maximum absolute atomic E-state index is 12.5. The molecule has 1 amide bonds. The van der Waals surface area contributed by atoms with Gasteiger partial charge in [-0.3, -0.25) is 9.36 Å². The quantitative estimate of drug-likeness (QED) is 0.392. The van der Waals surface area contributed by atoms with E-state index in [-0.39, 0.29) is 11.7 Å². The summed E-state index contributed by atoms with van der Waals surface area (Å²) in [6, 6.07) is 23.6. The summed E-state index contributed by atoms with van der Waals surface area (Å²) in [5.41, 5.74) is 4.97. The van der Waals surface area contributed by atoms with Gasteiger partial charge in [-0.15, -0.1) is 10.2 Å². The summed E-state index contributed by atoms with van der Waals surface area (Å²) < 4.78 is 7.15. The Morgan fingerprint density at radius 2 is 1.72 bits per heavy atom. The van der Waals surface area contributed by atoms with Gasteiger partial charge in [0.05, 0.1) is 12.9 Å². The fourth-order valence-corrected chi connectivity index (χ4v) is 4.01. The molecule has 0 fully saturated rings. The molecule has 7 heteroatoms. The normalized spacial score (nSPS) is 10.7. The van der Waals surface area contributed by atoms with Crippen LogP contribution >= 0.6 is 11.8 Å². The van der Waals surface area contributed by atoms with Crippen LogP contribution in [0.25, 0.3) is 17.1 Å². The molecular weight excluding hydrogens is 420 g/mol. The molecule has 0 aliphatic rings. The predicted molar refractivity (Wildman–Crippen MR) is 129 cm³/mol. The lowest BCUT2D eigenvalue weighted by atomic mass is 10.1. The molecule has 0 bridgehead atoms. The van der Waals surface area contributed by atoms with Gasteiger partial charge in [-0.25, -0.2) is 0 Å². The second-order valence-electron chi connectivity index (χ2n) is 7.41. The predicted octanol–water partition coefficient (Wildman–Crippen LogP) is 5.29. The number of hydrogen-bond donors (Lipinski definition) is 1. The van der Waals surface area contributed by atoms with E-state index in [1.54, 1.807) is 7.11 Å². The summed E-state index contributed by atoms with van der Waals surface area (Å²) in [6.07, 6.45) is 0. The molecule has 1 N–H and O–H groups in total. The Bertz CT molecular complexity index is 1220. The molecule has 32 heavy (non-hydrogen) atoms. The highest BCUT2D eigenvalue weighted by atomic mass is 32.2. The van der Waals surface area contributed by atoms with Gasteiger partial charge in [-0.1, -0.05) is 53.2 Å². The molecule has 0 saturated carbocycles. The third-order valence-electron chi connectivity index (χ3n) is 4.91. The maximum atomic E-state index is 12.5. The highest BCUT2D eigenvalue weighted by molar-refractivity contribution is 7.99. The van der Waals surface area contributed by atoms with Crippen LogP contribution in [0.1, 0.15) is 11.1 Å². The number of hydrogen-bond acceptors (Lipinski definition) is 5. The first-order chi connectivity index (χ1) is 15.5. The Labute approximate surface area is 191 Å². The van der Waals surface area contributed by atoms with Crippen molar-refractivity contribution in [1.29, 1.82) is 0 Å². The van der Waals surface area contributed by atoms with Crippen LogP contribution in [0.15, 0.2) is 78.0 Å². The van der Waals surface area contributed by atoms with Crippen LogP contribution in [0.4, 0.5) is 5.69 Å². The van der Waals surface area contributed by atoms with Crippen molar-refractivity contribution in [3.05, 3.63) is 83.9 Å². The molecule has 0 atom stereocenters. The number of amides is 1. The number of carbonyl (C=O) groups is 1. The summed E-state index contributed by atoms with van der Waals surface area (Å²) >= 11 is 1.35. The molecule has 0 spiro atoms. The van der Waals surface area contributed by atoms with E-state index >= 15 is 0 Å². The Kier molecular flexibility index (Phi) is 6.56. The van der Waals surface area contributed by atoms with E-state index in [1.807, 2.05) is 53.1 Å². The fraction of sp³-hybridized carbons (Fsp3) is 0.160. The Hall–Kier alpha value is -3.58. The van der Waals surface area contributed by atoms with Crippen LogP contribution in [-0.4, -0.2) is 33.5 Å². The topological polar surface area (TPSA) is 69.0 Å². The number of ether oxygens (including phenoxy) is 1. The molecule has 1 aromatic heterocycles. The summed E-state index contributed by atoms with van der Waals surface area (Å²) in [5.74, 6) is 1.59. The van der Waals surface area contributed by atoms with Crippen molar-refractivity contribution in [2.45, 2.75) is 19.0 Å². The number of nitrogens with one attached hydrogen (secondary N) is 1. The minimum atomic E-state index is -0.115. The summed E-state index contributed by atoms with van der Waals surface area (Å²) in [4.78, 5) is 12.5. The zero-order chi connectivity index (χ0) is 22.5. The summed E-state index contributed by atoms with van der Waals surface area (Å²) in [7, 11) is 1.61. The number of carbonyl (C=O) groups excluding carboxylic acids is 1. The van der Waals surface area contributed by atoms with E-state index in [2.05, 4.69) is 53.6 Å². The zero-order valence-electron chi connectivity index (χ0n) is 18.2. The van der Waals surface area contributed by atoms with Gasteiger partial charge in [0.2, 0.25) is 5.91 Å². The largest absolute Gasteiger partial charge is 0.497 e. The monoisotopic (exact) mass is 444 g/mol. The first-order valence-electron chi connectivity index (χ1n) is 10.2.